The van der Waals surface area contributed by atoms with E-state index in [1.807, 2.05) is 12.1 Å². The van der Waals surface area contributed by atoms with E-state index in [1.165, 1.54) is 6.42 Å². The minimum Gasteiger partial charge on any atom is -0.487 e. The molecule has 1 aliphatic carbocycles. The third kappa shape index (κ3) is 2.99. The molecule has 1 saturated carbocycles. The van der Waals surface area contributed by atoms with Crippen LogP contribution in [0.2, 0.25) is 0 Å². The molecule has 0 saturated heterocycles. The van der Waals surface area contributed by atoms with Gasteiger partial charge in [0.1, 0.15) is 17.9 Å². The number of ether oxygens (including phenoxy) is 1. The molecule has 2 unspecified atom stereocenters. The Labute approximate surface area is 110 Å². The lowest BCUT2D eigenvalue weighted by molar-refractivity contribution is 0.132. The topological polar surface area (TPSA) is 59.0 Å². The Hall–Kier alpha value is -1.05. The van der Waals surface area contributed by atoms with Gasteiger partial charge < -0.3 is 10.5 Å². The number of hydrogen-bond donors (Lipinski definition) is 1. The van der Waals surface area contributed by atoms with Crippen molar-refractivity contribution >= 4 is 15.9 Å². The summed E-state index contributed by atoms with van der Waals surface area (Å²) < 4.78 is 6.81. The van der Waals surface area contributed by atoms with Crippen LogP contribution in [0.1, 0.15) is 31.2 Å². The maximum Gasteiger partial charge on any atom is 0.138 e. The molecule has 0 aliphatic heterocycles. The van der Waals surface area contributed by atoms with Gasteiger partial charge in [-0.2, -0.15) is 5.26 Å². The number of nitrogens with zero attached hydrogens (tertiary/aromatic N) is 1. The molecule has 0 bridgehead atoms. The van der Waals surface area contributed by atoms with Crippen LogP contribution in [0.3, 0.4) is 0 Å². The number of nitrogens with two attached hydrogens (primary N) is 1. The van der Waals surface area contributed by atoms with E-state index in [0.717, 1.165) is 23.7 Å². The summed E-state index contributed by atoms with van der Waals surface area (Å²) in [5, 5.41) is 9.03. The molecule has 1 aromatic carbocycles. The average Bonchev–Trinajstić information content (AvgIpc) is 2.32. The van der Waals surface area contributed by atoms with Crippen molar-refractivity contribution in [2.24, 2.45) is 5.73 Å². The van der Waals surface area contributed by atoms with Gasteiger partial charge >= 0.3 is 0 Å². The van der Waals surface area contributed by atoms with Crippen LogP contribution in [0.15, 0.2) is 22.7 Å². The molecule has 0 spiro atoms. The van der Waals surface area contributed by atoms with Gasteiger partial charge in [0, 0.05) is 10.5 Å². The highest BCUT2D eigenvalue weighted by molar-refractivity contribution is 9.10. The number of hydrogen-bond acceptors (Lipinski definition) is 3. The van der Waals surface area contributed by atoms with Crippen molar-refractivity contribution in [3.8, 4) is 11.8 Å². The first-order valence-corrected chi connectivity index (χ1v) is 6.62. The van der Waals surface area contributed by atoms with Crippen LogP contribution in [-0.4, -0.2) is 12.1 Å². The highest BCUT2D eigenvalue weighted by Crippen LogP contribution is 2.27. The Balaban J connectivity index is 2.17. The van der Waals surface area contributed by atoms with E-state index in [-0.39, 0.29) is 12.1 Å². The summed E-state index contributed by atoms with van der Waals surface area (Å²) in [7, 11) is 0. The molecular formula is C13H15BrN2O. The van der Waals surface area contributed by atoms with Gasteiger partial charge in [-0.15, -0.1) is 0 Å². The molecule has 0 heterocycles. The van der Waals surface area contributed by atoms with E-state index in [4.69, 9.17) is 15.7 Å². The monoisotopic (exact) mass is 294 g/mol. The molecule has 0 aromatic heterocycles. The van der Waals surface area contributed by atoms with Gasteiger partial charge in [-0.1, -0.05) is 22.4 Å². The van der Waals surface area contributed by atoms with Crippen LogP contribution in [0.4, 0.5) is 0 Å². The van der Waals surface area contributed by atoms with Crippen LogP contribution >= 0.6 is 15.9 Å². The van der Waals surface area contributed by atoms with E-state index in [0.29, 0.717) is 11.3 Å². The second-order valence-corrected chi connectivity index (χ2v) is 5.27. The molecule has 1 aromatic rings. The molecule has 90 valence electrons. The lowest BCUT2D eigenvalue weighted by Gasteiger charge is -2.29. The summed E-state index contributed by atoms with van der Waals surface area (Å²) in [6, 6.07) is 7.65. The largest absolute Gasteiger partial charge is 0.487 e. The van der Waals surface area contributed by atoms with Crippen LogP contribution in [-0.2, 0) is 0 Å². The third-order valence-corrected chi connectivity index (χ3v) is 3.59. The fraction of sp³-hybridized carbons (Fsp3) is 0.462. The zero-order chi connectivity index (χ0) is 12.3. The number of halogens is 1. The molecular weight excluding hydrogens is 280 g/mol. The standard InChI is InChI=1S/C13H15BrN2O/c14-10-6-5-9(8-15)13(7-10)17-12-4-2-1-3-11(12)16/h5-7,11-12H,1-4,16H2. The molecule has 2 atom stereocenters. The third-order valence-electron chi connectivity index (χ3n) is 3.10. The maximum atomic E-state index is 9.03. The molecule has 3 nitrogen and oxygen atoms in total. The number of benzene rings is 1. The van der Waals surface area contributed by atoms with E-state index >= 15 is 0 Å². The summed E-state index contributed by atoms with van der Waals surface area (Å²) >= 11 is 3.38. The second-order valence-electron chi connectivity index (χ2n) is 4.36. The highest BCUT2D eigenvalue weighted by atomic mass is 79.9. The lowest BCUT2D eigenvalue weighted by atomic mass is 9.93. The fourth-order valence-electron chi connectivity index (χ4n) is 2.12. The van der Waals surface area contributed by atoms with Crippen molar-refractivity contribution in [3.63, 3.8) is 0 Å². The Kier molecular flexibility index (Phi) is 4.03. The van der Waals surface area contributed by atoms with Crippen LogP contribution in [0, 0.1) is 11.3 Å². The van der Waals surface area contributed by atoms with Crippen LogP contribution < -0.4 is 10.5 Å². The smallest absolute Gasteiger partial charge is 0.138 e. The fourth-order valence-corrected chi connectivity index (χ4v) is 2.46. The molecule has 17 heavy (non-hydrogen) atoms. The van der Waals surface area contributed by atoms with Crippen molar-refractivity contribution in [2.45, 2.75) is 37.8 Å². The number of rotatable bonds is 2. The van der Waals surface area contributed by atoms with E-state index in [2.05, 4.69) is 22.0 Å². The molecule has 1 fully saturated rings. The van der Waals surface area contributed by atoms with Gasteiger partial charge in [-0.3, -0.25) is 0 Å². The summed E-state index contributed by atoms with van der Waals surface area (Å²) in [6.07, 6.45) is 4.32. The summed E-state index contributed by atoms with van der Waals surface area (Å²) in [6.45, 7) is 0. The van der Waals surface area contributed by atoms with Crippen molar-refractivity contribution in [2.75, 3.05) is 0 Å². The molecule has 0 amide bonds. The highest BCUT2D eigenvalue weighted by Gasteiger charge is 2.24. The van der Waals surface area contributed by atoms with Crippen molar-refractivity contribution in [3.05, 3.63) is 28.2 Å². The second kappa shape index (κ2) is 5.52. The molecule has 1 aliphatic rings. The average molecular weight is 295 g/mol. The summed E-state index contributed by atoms with van der Waals surface area (Å²) in [5.74, 6) is 0.629. The minimum absolute atomic E-state index is 0.0325. The zero-order valence-electron chi connectivity index (χ0n) is 9.53. The first-order valence-electron chi connectivity index (χ1n) is 5.82. The Bertz CT molecular complexity index is 442. The normalized spacial score (nSPS) is 24.1. The zero-order valence-corrected chi connectivity index (χ0v) is 11.1. The van der Waals surface area contributed by atoms with Crippen molar-refractivity contribution in [1.82, 2.24) is 0 Å². The van der Waals surface area contributed by atoms with Gasteiger partial charge in [0.05, 0.1) is 5.56 Å². The molecule has 2 rings (SSSR count). The van der Waals surface area contributed by atoms with Gasteiger partial charge in [-0.05, 0) is 37.5 Å². The Morgan fingerprint density at radius 3 is 2.82 bits per heavy atom. The lowest BCUT2D eigenvalue weighted by Crippen LogP contribution is -2.41. The molecule has 0 radical (unpaired) electrons. The minimum atomic E-state index is 0.0325. The summed E-state index contributed by atoms with van der Waals surface area (Å²) in [4.78, 5) is 0. The van der Waals surface area contributed by atoms with Crippen molar-refractivity contribution in [1.29, 1.82) is 5.26 Å². The SMILES string of the molecule is N#Cc1ccc(Br)cc1OC1CCCCC1N. The van der Waals surface area contributed by atoms with Gasteiger partial charge in [0.2, 0.25) is 0 Å². The maximum absolute atomic E-state index is 9.03. The Morgan fingerprint density at radius 2 is 2.12 bits per heavy atom. The van der Waals surface area contributed by atoms with E-state index < -0.39 is 0 Å². The molecule has 2 N–H and O–H groups in total. The number of nitriles is 1. The first kappa shape index (κ1) is 12.4. The van der Waals surface area contributed by atoms with Gasteiger partial charge in [0.25, 0.3) is 0 Å². The molecule has 4 heteroatoms. The Morgan fingerprint density at radius 1 is 1.35 bits per heavy atom. The van der Waals surface area contributed by atoms with Crippen molar-refractivity contribution < 1.29 is 4.74 Å². The van der Waals surface area contributed by atoms with E-state index in [9.17, 15) is 0 Å². The quantitative estimate of drug-likeness (QED) is 0.912. The predicted molar refractivity (Wildman–Crippen MR) is 69.7 cm³/mol. The predicted octanol–water partition coefficient (Wildman–Crippen LogP) is 2.97. The van der Waals surface area contributed by atoms with Gasteiger partial charge in [-0.25, -0.2) is 0 Å². The summed E-state index contributed by atoms with van der Waals surface area (Å²) in [5.41, 5.74) is 6.60. The first-order chi connectivity index (χ1) is 8.20. The van der Waals surface area contributed by atoms with Gasteiger partial charge in [0.15, 0.2) is 0 Å². The van der Waals surface area contributed by atoms with Crippen LogP contribution in [0.5, 0.6) is 5.75 Å². The van der Waals surface area contributed by atoms with Crippen LogP contribution in [0.25, 0.3) is 0 Å². The van der Waals surface area contributed by atoms with E-state index in [1.54, 1.807) is 6.07 Å².